The van der Waals surface area contributed by atoms with Crippen LogP contribution >= 0.6 is 0 Å². The van der Waals surface area contributed by atoms with Crippen molar-refractivity contribution in [3.8, 4) is 0 Å². The van der Waals surface area contributed by atoms with Crippen LogP contribution in [0.5, 0.6) is 0 Å². The van der Waals surface area contributed by atoms with E-state index in [0.717, 1.165) is 32.8 Å². The van der Waals surface area contributed by atoms with Crippen LogP contribution in [0.2, 0.25) is 0 Å². The summed E-state index contributed by atoms with van der Waals surface area (Å²) in [6, 6.07) is 2.15. The summed E-state index contributed by atoms with van der Waals surface area (Å²) in [5, 5.41) is 2.20. The summed E-state index contributed by atoms with van der Waals surface area (Å²) in [6.45, 7) is 6.45. The fourth-order valence-electron chi connectivity index (χ4n) is 1.64. The van der Waals surface area contributed by atoms with E-state index in [1.54, 1.807) is 0 Å². The summed E-state index contributed by atoms with van der Waals surface area (Å²) in [6.07, 6.45) is 3.78. The van der Waals surface area contributed by atoms with Crippen molar-refractivity contribution in [2.45, 2.75) is 13.5 Å². The number of hydrogen-bond acceptors (Lipinski definition) is 4. The molecular formula is C11H17N3O. The van der Waals surface area contributed by atoms with E-state index in [1.165, 1.54) is 11.1 Å². The number of hydrogen-bond donors (Lipinski definition) is 1. The molecule has 1 aliphatic heterocycles. The molecule has 1 N–H and O–H groups in total. The average molecular weight is 207 g/mol. The highest BCUT2D eigenvalue weighted by Crippen LogP contribution is 2.01. The first-order valence-corrected chi connectivity index (χ1v) is 5.31. The molecule has 1 aromatic heterocycles. The van der Waals surface area contributed by atoms with Gasteiger partial charge < -0.3 is 4.74 Å². The SMILES string of the molecule is Cc1cncc(CNN2CCOCC2)c1. The van der Waals surface area contributed by atoms with Crippen molar-refractivity contribution in [1.82, 2.24) is 15.4 Å². The molecule has 2 heterocycles. The zero-order valence-electron chi connectivity index (χ0n) is 9.07. The van der Waals surface area contributed by atoms with Crippen molar-refractivity contribution in [2.24, 2.45) is 0 Å². The molecule has 0 aromatic carbocycles. The highest BCUT2D eigenvalue weighted by molar-refractivity contribution is 5.16. The van der Waals surface area contributed by atoms with Gasteiger partial charge in [-0.3, -0.25) is 10.4 Å². The van der Waals surface area contributed by atoms with E-state index in [9.17, 15) is 0 Å². The minimum absolute atomic E-state index is 0.819. The lowest BCUT2D eigenvalue weighted by Crippen LogP contribution is -2.45. The van der Waals surface area contributed by atoms with E-state index in [4.69, 9.17) is 4.74 Å². The monoisotopic (exact) mass is 207 g/mol. The first kappa shape index (κ1) is 10.5. The Morgan fingerprint density at radius 2 is 2.20 bits per heavy atom. The summed E-state index contributed by atoms with van der Waals surface area (Å²) >= 11 is 0. The Morgan fingerprint density at radius 1 is 1.40 bits per heavy atom. The summed E-state index contributed by atoms with van der Waals surface area (Å²) in [5.74, 6) is 0. The van der Waals surface area contributed by atoms with Crippen LogP contribution in [0.4, 0.5) is 0 Å². The number of morpholine rings is 1. The van der Waals surface area contributed by atoms with Crippen LogP contribution in [0.1, 0.15) is 11.1 Å². The van der Waals surface area contributed by atoms with Gasteiger partial charge in [-0.1, -0.05) is 6.07 Å². The Kier molecular flexibility index (Phi) is 3.66. The van der Waals surface area contributed by atoms with Crippen molar-refractivity contribution in [3.05, 3.63) is 29.6 Å². The molecule has 15 heavy (non-hydrogen) atoms. The summed E-state index contributed by atoms with van der Waals surface area (Å²) in [7, 11) is 0. The molecule has 0 unspecified atom stereocenters. The Morgan fingerprint density at radius 3 is 2.93 bits per heavy atom. The molecular weight excluding hydrogens is 190 g/mol. The van der Waals surface area contributed by atoms with Crippen LogP contribution < -0.4 is 5.43 Å². The Balaban J connectivity index is 1.81. The molecule has 1 aliphatic rings. The van der Waals surface area contributed by atoms with E-state index in [2.05, 4.69) is 28.4 Å². The first-order chi connectivity index (χ1) is 7.34. The molecule has 0 bridgehead atoms. The lowest BCUT2D eigenvalue weighted by Gasteiger charge is -2.27. The third-order valence-corrected chi connectivity index (χ3v) is 2.45. The number of hydrazine groups is 1. The average Bonchev–Trinajstić information content (AvgIpc) is 2.28. The second-order valence-electron chi connectivity index (χ2n) is 3.80. The largest absolute Gasteiger partial charge is 0.379 e. The smallest absolute Gasteiger partial charge is 0.0608 e. The van der Waals surface area contributed by atoms with Gasteiger partial charge in [0, 0.05) is 32.0 Å². The summed E-state index contributed by atoms with van der Waals surface area (Å²) in [4.78, 5) is 4.16. The second-order valence-corrected chi connectivity index (χ2v) is 3.80. The van der Waals surface area contributed by atoms with Crippen molar-refractivity contribution in [3.63, 3.8) is 0 Å². The third-order valence-electron chi connectivity index (χ3n) is 2.45. The molecule has 0 aliphatic carbocycles. The molecule has 4 nitrogen and oxygen atoms in total. The van der Waals surface area contributed by atoms with E-state index < -0.39 is 0 Å². The predicted octanol–water partition coefficient (Wildman–Crippen LogP) is 0.727. The Hall–Kier alpha value is -0.970. The molecule has 0 amide bonds. The van der Waals surface area contributed by atoms with Crippen LogP contribution in [-0.2, 0) is 11.3 Å². The van der Waals surface area contributed by atoms with Gasteiger partial charge >= 0.3 is 0 Å². The van der Waals surface area contributed by atoms with E-state index in [-0.39, 0.29) is 0 Å². The molecule has 1 fully saturated rings. The zero-order valence-corrected chi connectivity index (χ0v) is 9.07. The third kappa shape index (κ3) is 3.27. The van der Waals surface area contributed by atoms with Crippen LogP contribution in [-0.4, -0.2) is 36.3 Å². The maximum absolute atomic E-state index is 5.28. The quantitative estimate of drug-likeness (QED) is 0.792. The highest BCUT2D eigenvalue weighted by atomic mass is 16.5. The van der Waals surface area contributed by atoms with E-state index >= 15 is 0 Å². The standard InChI is InChI=1S/C11H17N3O/c1-10-6-11(8-12-7-10)9-13-14-2-4-15-5-3-14/h6-8,13H,2-5,9H2,1H3. The van der Waals surface area contributed by atoms with Crippen molar-refractivity contribution in [2.75, 3.05) is 26.3 Å². The molecule has 82 valence electrons. The maximum Gasteiger partial charge on any atom is 0.0608 e. The molecule has 0 spiro atoms. The van der Waals surface area contributed by atoms with Gasteiger partial charge in [0.15, 0.2) is 0 Å². The van der Waals surface area contributed by atoms with E-state index in [0.29, 0.717) is 0 Å². The van der Waals surface area contributed by atoms with Crippen LogP contribution in [0.15, 0.2) is 18.5 Å². The molecule has 0 atom stereocenters. The molecule has 1 aromatic rings. The predicted molar refractivity (Wildman–Crippen MR) is 58.2 cm³/mol. The zero-order chi connectivity index (χ0) is 10.5. The Bertz CT molecular complexity index is 310. The fraction of sp³-hybridized carbons (Fsp3) is 0.545. The van der Waals surface area contributed by atoms with E-state index in [1.807, 2.05) is 12.4 Å². The van der Waals surface area contributed by atoms with Crippen molar-refractivity contribution in [1.29, 1.82) is 0 Å². The number of nitrogens with one attached hydrogen (secondary N) is 1. The number of ether oxygens (including phenoxy) is 1. The van der Waals surface area contributed by atoms with Gasteiger partial charge in [-0.05, 0) is 18.1 Å². The second kappa shape index (κ2) is 5.21. The summed E-state index contributed by atoms with van der Waals surface area (Å²) in [5.41, 5.74) is 5.81. The lowest BCUT2D eigenvalue weighted by atomic mass is 10.2. The number of aryl methyl sites for hydroxylation is 1. The maximum atomic E-state index is 5.28. The van der Waals surface area contributed by atoms with Gasteiger partial charge in [0.2, 0.25) is 0 Å². The minimum atomic E-state index is 0.819. The number of rotatable bonds is 3. The topological polar surface area (TPSA) is 37.4 Å². The normalized spacial score (nSPS) is 17.9. The number of nitrogens with zero attached hydrogens (tertiary/aromatic N) is 2. The number of pyridine rings is 1. The van der Waals surface area contributed by atoms with Gasteiger partial charge in [-0.25, -0.2) is 5.01 Å². The lowest BCUT2D eigenvalue weighted by molar-refractivity contribution is 0.0105. The molecule has 0 radical (unpaired) electrons. The van der Waals surface area contributed by atoms with Gasteiger partial charge in [0.05, 0.1) is 13.2 Å². The number of aromatic nitrogens is 1. The minimum Gasteiger partial charge on any atom is -0.379 e. The van der Waals surface area contributed by atoms with Crippen LogP contribution in [0, 0.1) is 6.92 Å². The molecule has 2 rings (SSSR count). The van der Waals surface area contributed by atoms with Crippen molar-refractivity contribution >= 4 is 0 Å². The molecule has 0 saturated carbocycles. The van der Waals surface area contributed by atoms with Gasteiger partial charge in [-0.15, -0.1) is 0 Å². The summed E-state index contributed by atoms with van der Waals surface area (Å²) < 4.78 is 5.28. The van der Waals surface area contributed by atoms with Gasteiger partial charge in [-0.2, -0.15) is 0 Å². The van der Waals surface area contributed by atoms with Gasteiger partial charge in [0.1, 0.15) is 0 Å². The van der Waals surface area contributed by atoms with Crippen LogP contribution in [0.3, 0.4) is 0 Å². The molecule has 4 heteroatoms. The Labute approximate surface area is 90.2 Å². The fourth-order valence-corrected chi connectivity index (χ4v) is 1.64. The van der Waals surface area contributed by atoms with Gasteiger partial charge in [0.25, 0.3) is 0 Å². The highest BCUT2D eigenvalue weighted by Gasteiger charge is 2.08. The van der Waals surface area contributed by atoms with Crippen molar-refractivity contribution < 1.29 is 4.74 Å². The first-order valence-electron chi connectivity index (χ1n) is 5.31. The molecule has 1 saturated heterocycles. The van der Waals surface area contributed by atoms with Crippen LogP contribution in [0.25, 0.3) is 0 Å².